The average molecular weight is 819 g/mol. The van der Waals surface area contributed by atoms with Crippen molar-refractivity contribution in [2.45, 2.75) is 0 Å². The largest absolute Gasteiger partial charge is 0.386 e. The van der Waals surface area contributed by atoms with Crippen molar-refractivity contribution in [1.82, 2.24) is 10.6 Å². The molecule has 41 heavy (non-hydrogen) atoms. The smallest absolute Gasteiger partial charge is 0.280 e. The van der Waals surface area contributed by atoms with E-state index in [4.69, 9.17) is 10.2 Å². The number of thioether (sulfide) groups is 11. The highest BCUT2D eigenvalue weighted by Crippen LogP contribution is 2.22. The molecule has 0 aromatic carbocycles. The number of hydrogen-bond acceptors (Lipinski definition) is 19. The lowest BCUT2D eigenvalue weighted by Crippen LogP contribution is -2.17. The van der Waals surface area contributed by atoms with Crippen LogP contribution in [0.5, 0.6) is 0 Å². The Morgan fingerprint density at radius 3 is 1.56 bits per heavy atom. The monoisotopic (exact) mass is 818 g/mol. The summed E-state index contributed by atoms with van der Waals surface area (Å²) in [6.45, 7) is 0. The highest BCUT2D eigenvalue weighted by molar-refractivity contribution is 8.30. The van der Waals surface area contributed by atoms with Gasteiger partial charge in [-0.25, -0.2) is 0 Å². The fraction of sp³-hybridized carbons (Fsp3) is 0.778. The first kappa shape index (κ1) is 43.4. The van der Waals surface area contributed by atoms with Gasteiger partial charge in [0.25, 0.3) is 10.5 Å². The van der Waals surface area contributed by atoms with Crippen molar-refractivity contribution in [3.63, 3.8) is 0 Å². The Kier molecular flexibility index (Phi) is 37.2. The highest BCUT2D eigenvalue weighted by Gasteiger charge is 2.03. The molecule has 2 amide bonds. The third kappa shape index (κ3) is 35.1. The molecule has 0 aliphatic heterocycles. The van der Waals surface area contributed by atoms with E-state index in [0.717, 1.165) is 32.1 Å². The maximum atomic E-state index is 12.0. The van der Waals surface area contributed by atoms with Crippen molar-refractivity contribution in [2.24, 2.45) is 9.98 Å². The van der Waals surface area contributed by atoms with Gasteiger partial charge in [0.1, 0.15) is 0 Å². The molecule has 0 rings (SSSR count). The van der Waals surface area contributed by atoms with Crippen LogP contribution in [0.2, 0.25) is 0 Å². The maximum Gasteiger partial charge on any atom is 0.280 e. The van der Waals surface area contributed by atoms with Crippen LogP contribution in [-0.4, -0.2) is 116 Å². The van der Waals surface area contributed by atoms with Crippen LogP contribution < -0.4 is 10.6 Å². The van der Waals surface area contributed by atoms with Crippen LogP contribution >= 0.6 is 129 Å². The van der Waals surface area contributed by atoms with Crippen LogP contribution in [0.1, 0.15) is 0 Å². The van der Waals surface area contributed by atoms with E-state index >= 15 is 0 Å². The molecular formula is C18H34N4O6S13. The summed E-state index contributed by atoms with van der Waals surface area (Å²) in [7, 11) is -2.25. The molecule has 2 atom stereocenters. The average Bonchev–Trinajstić information content (AvgIpc) is 2.96. The molecule has 2 unspecified atom stereocenters. The normalized spacial score (nSPS) is 13.1. The van der Waals surface area contributed by atoms with Crippen LogP contribution in [0.15, 0.2) is 9.98 Å². The Balaban J connectivity index is 3.44. The molecule has 4 N–H and O–H groups in total. The summed E-state index contributed by atoms with van der Waals surface area (Å²) in [4.78, 5) is 31.6. The van der Waals surface area contributed by atoms with Crippen LogP contribution in [0.4, 0.5) is 9.59 Å². The number of nitrogens with zero attached hydrogens (tertiary/aromatic N) is 2. The van der Waals surface area contributed by atoms with Gasteiger partial charge in [-0.15, -0.1) is 106 Å². The molecule has 0 spiro atoms. The zero-order valence-corrected chi connectivity index (χ0v) is 32.4. The second kappa shape index (κ2) is 35.2. The van der Waals surface area contributed by atoms with E-state index < -0.39 is 21.6 Å². The SMILES string of the molecule is O=C(NCSCSC/N=C\S(=O)CSCSCSCSC(=O)NCSCSC/N=C\S(=O)CSCO)SCSCO. The summed E-state index contributed by atoms with van der Waals surface area (Å²) in [5, 5.41) is 28.1. The van der Waals surface area contributed by atoms with E-state index in [0.29, 0.717) is 43.8 Å². The number of carbonyl (C=O) groups is 2. The zero-order chi connectivity index (χ0) is 30.2. The highest BCUT2D eigenvalue weighted by atomic mass is 32.3. The molecule has 0 saturated carbocycles. The number of rotatable bonds is 28. The molecule has 240 valence electrons. The van der Waals surface area contributed by atoms with Gasteiger partial charge < -0.3 is 20.8 Å². The Bertz CT molecular complexity index is 773. The Labute approximate surface area is 294 Å². The second-order valence-corrected chi connectivity index (χ2v) is 22.2. The van der Waals surface area contributed by atoms with Crippen molar-refractivity contribution >= 4 is 173 Å². The van der Waals surface area contributed by atoms with Crippen molar-refractivity contribution in [3.05, 3.63) is 0 Å². The minimum Gasteiger partial charge on any atom is -0.386 e. The van der Waals surface area contributed by atoms with E-state index in [1.165, 1.54) is 46.4 Å². The predicted molar refractivity (Wildman–Crippen MR) is 206 cm³/mol. The maximum absolute atomic E-state index is 12.0. The molecule has 0 bridgehead atoms. The molecule has 0 aromatic rings. The molecule has 0 aliphatic rings. The van der Waals surface area contributed by atoms with Crippen molar-refractivity contribution < 1.29 is 28.2 Å². The topological polar surface area (TPSA) is 158 Å². The first-order valence-corrected chi connectivity index (χ1v) is 26.1. The van der Waals surface area contributed by atoms with Gasteiger partial charge in [-0.3, -0.25) is 28.0 Å². The second-order valence-electron chi connectivity index (χ2n) is 6.14. The van der Waals surface area contributed by atoms with Gasteiger partial charge in [0, 0.05) is 25.4 Å². The lowest BCUT2D eigenvalue weighted by molar-refractivity contribution is 0.261. The van der Waals surface area contributed by atoms with E-state index in [1.54, 1.807) is 82.3 Å². The lowest BCUT2D eigenvalue weighted by atomic mass is 11.2. The van der Waals surface area contributed by atoms with Gasteiger partial charge in [-0.1, -0.05) is 23.5 Å². The van der Waals surface area contributed by atoms with Crippen LogP contribution in [0.25, 0.3) is 0 Å². The molecule has 23 heteroatoms. The van der Waals surface area contributed by atoms with Crippen molar-refractivity contribution in [1.29, 1.82) is 0 Å². The van der Waals surface area contributed by atoms with E-state index in [2.05, 4.69) is 20.6 Å². The van der Waals surface area contributed by atoms with E-state index in [1.807, 2.05) is 0 Å². The Morgan fingerprint density at radius 1 is 0.585 bits per heavy atom. The molecule has 0 saturated heterocycles. The number of carbonyl (C=O) groups excluding carboxylic acids is 2. The minimum atomic E-state index is -1.15. The van der Waals surface area contributed by atoms with Crippen molar-refractivity contribution in [2.75, 3.05) is 76.1 Å². The minimum absolute atomic E-state index is 0.0116. The third-order valence-corrected chi connectivity index (χ3v) is 17.3. The predicted octanol–water partition coefficient (Wildman–Crippen LogP) is 5.41. The number of hydrogen-bond donors (Lipinski definition) is 4. The van der Waals surface area contributed by atoms with E-state index in [9.17, 15) is 18.0 Å². The summed E-state index contributed by atoms with van der Waals surface area (Å²) in [5.41, 5.74) is 2.90. The van der Waals surface area contributed by atoms with Gasteiger partial charge in [0.15, 0.2) is 0 Å². The molecule has 0 heterocycles. The molecule has 0 aliphatic carbocycles. The summed E-state index contributed by atoms with van der Waals surface area (Å²) in [6, 6.07) is 0. The Hall–Kier alpha value is 2.35. The lowest BCUT2D eigenvalue weighted by Gasteiger charge is -2.04. The number of amides is 2. The van der Waals surface area contributed by atoms with Crippen LogP contribution in [0, 0.1) is 0 Å². The fourth-order valence-electron chi connectivity index (χ4n) is 1.64. The van der Waals surface area contributed by atoms with Gasteiger partial charge in [-0.05, 0) is 0 Å². The zero-order valence-electron chi connectivity index (χ0n) is 21.8. The number of aliphatic hydroxyl groups excluding tert-OH is 2. The van der Waals surface area contributed by atoms with Gasteiger partial charge in [-0.2, -0.15) is 0 Å². The summed E-state index contributed by atoms with van der Waals surface area (Å²) < 4.78 is 23.4. The molecule has 10 nitrogen and oxygen atoms in total. The number of aliphatic hydroxyl groups is 2. The number of aliphatic imine (C=N–C) groups is 2. The van der Waals surface area contributed by atoms with E-state index in [-0.39, 0.29) is 22.4 Å². The van der Waals surface area contributed by atoms with Crippen LogP contribution in [0.3, 0.4) is 0 Å². The first-order chi connectivity index (χ1) is 20.0. The van der Waals surface area contributed by atoms with Gasteiger partial charge in [0.05, 0.1) is 83.3 Å². The summed E-state index contributed by atoms with van der Waals surface area (Å²) in [6.07, 6.45) is 0. The standard InChI is InChI=1S/C18H34N4O6S13/c23-7-33-13-38-17(25)21-3-31-10-30-2-20-6-41(28)16-37-12-35-11-36-14-39-18(26)22-4-32-9-29-1-19-5-40(27)15-34-8-24/h5-6,23-24H,1-4,7-16H2,(H,21,25)(H,22,26)/b19-5-,20-6-. The van der Waals surface area contributed by atoms with Crippen molar-refractivity contribution in [3.8, 4) is 0 Å². The first-order valence-electron chi connectivity index (χ1n) is 11.0. The van der Waals surface area contributed by atoms with Gasteiger partial charge in [0.2, 0.25) is 0 Å². The third-order valence-electron chi connectivity index (χ3n) is 3.15. The quantitative estimate of drug-likeness (QED) is 0.0343. The molecule has 0 aromatic heterocycles. The number of nitrogens with one attached hydrogen (secondary N) is 2. The molecule has 0 radical (unpaired) electrons. The summed E-state index contributed by atoms with van der Waals surface area (Å²) in [5.74, 6) is 2.05. The van der Waals surface area contributed by atoms with Crippen LogP contribution in [-0.2, 0) is 21.6 Å². The van der Waals surface area contributed by atoms with Gasteiger partial charge >= 0.3 is 0 Å². The fourth-order valence-corrected chi connectivity index (χ4v) is 13.4. The molecule has 0 fully saturated rings. The Morgan fingerprint density at radius 2 is 1.02 bits per heavy atom. The molecular weight excluding hydrogens is 785 g/mol. The summed E-state index contributed by atoms with van der Waals surface area (Å²) >= 11 is 16.2.